The number of rotatable bonds is 4. The highest BCUT2D eigenvalue weighted by Crippen LogP contribution is 2.36. The lowest BCUT2D eigenvalue weighted by atomic mass is 9.77. The van der Waals surface area contributed by atoms with E-state index in [4.69, 9.17) is 0 Å². The summed E-state index contributed by atoms with van der Waals surface area (Å²) in [5.41, 5.74) is 3.01. The van der Waals surface area contributed by atoms with Gasteiger partial charge in [-0.3, -0.25) is 0 Å². The molecule has 0 aromatic heterocycles. The highest BCUT2D eigenvalue weighted by Gasteiger charge is 2.21. The van der Waals surface area contributed by atoms with E-state index in [2.05, 4.69) is 74.6 Å². The summed E-state index contributed by atoms with van der Waals surface area (Å²) in [6.07, 6.45) is 15.0. The lowest BCUT2D eigenvalue weighted by Crippen LogP contribution is -2.14. The van der Waals surface area contributed by atoms with Crippen molar-refractivity contribution in [2.24, 2.45) is 5.41 Å². The van der Waals surface area contributed by atoms with Crippen LogP contribution in [0.3, 0.4) is 0 Å². The Bertz CT molecular complexity index is 462. The van der Waals surface area contributed by atoms with Gasteiger partial charge in [0, 0.05) is 0 Å². The molecular formula is C18H22. The van der Waals surface area contributed by atoms with Gasteiger partial charge in [0.05, 0.1) is 0 Å². The van der Waals surface area contributed by atoms with Gasteiger partial charge in [-0.15, -0.1) is 0 Å². The predicted molar refractivity (Wildman–Crippen MR) is 80.3 cm³/mol. The molecule has 0 aliphatic heterocycles. The molecule has 1 aliphatic rings. The first kappa shape index (κ1) is 12.9. The van der Waals surface area contributed by atoms with Crippen LogP contribution in [0.25, 0.3) is 5.57 Å². The molecule has 0 fully saturated rings. The number of hydrogen-bond acceptors (Lipinski definition) is 0. The monoisotopic (exact) mass is 238 g/mol. The summed E-state index contributed by atoms with van der Waals surface area (Å²) in [5, 5.41) is 0. The third-order valence-electron chi connectivity index (χ3n) is 3.68. The van der Waals surface area contributed by atoms with Crippen LogP contribution in [0, 0.1) is 5.41 Å². The molecule has 0 nitrogen and oxygen atoms in total. The van der Waals surface area contributed by atoms with Gasteiger partial charge in [0.2, 0.25) is 0 Å². The standard InChI is InChI=1S/C18H22/c1-3-4-8-13-18(2)14-11-17(12-15-18)16-9-6-5-7-10-16/h3-7,9-12,14H,8,13,15H2,1-2H3/b4-3+. The van der Waals surface area contributed by atoms with E-state index in [9.17, 15) is 0 Å². The molecule has 0 N–H and O–H groups in total. The van der Waals surface area contributed by atoms with Crippen molar-refractivity contribution in [3.05, 3.63) is 66.3 Å². The van der Waals surface area contributed by atoms with Crippen LogP contribution in [0.1, 0.15) is 38.7 Å². The SMILES string of the molecule is C/C=C/CCC1(C)C=CC(c2ccccc2)=CC1. The largest absolute Gasteiger partial charge is 0.0917 e. The van der Waals surface area contributed by atoms with Gasteiger partial charge >= 0.3 is 0 Å². The van der Waals surface area contributed by atoms with Gasteiger partial charge in [0.1, 0.15) is 0 Å². The second kappa shape index (κ2) is 5.86. The Hall–Kier alpha value is -1.56. The smallest absolute Gasteiger partial charge is 0.0105 e. The van der Waals surface area contributed by atoms with Crippen molar-refractivity contribution in [1.29, 1.82) is 0 Å². The molecule has 0 heteroatoms. The molecule has 1 aliphatic carbocycles. The van der Waals surface area contributed by atoms with Crippen molar-refractivity contribution in [1.82, 2.24) is 0 Å². The molecular weight excluding hydrogens is 216 g/mol. The maximum atomic E-state index is 2.39. The Morgan fingerprint density at radius 1 is 1.22 bits per heavy atom. The third kappa shape index (κ3) is 3.22. The van der Waals surface area contributed by atoms with E-state index in [1.165, 1.54) is 24.0 Å². The first-order valence-electron chi connectivity index (χ1n) is 6.79. The molecule has 0 saturated heterocycles. The number of allylic oxidation sites excluding steroid dienone is 6. The van der Waals surface area contributed by atoms with Crippen molar-refractivity contribution < 1.29 is 0 Å². The Kier molecular flexibility index (Phi) is 4.19. The lowest BCUT2D eigenvalue weighted by molar-refractivity contribution is 0.398. The zero-order valence-electron chi connectivity index (χ0n) is 11.4. The molecule has 1 unspecified atom stereocenters. The van der Waals surface area contributed by atoms with Crippen LogP contribution in [-0.4, -0.2) is 0 Å². The summed E-state index contributed by atoms with van der Waals surface area (Å²) in [7, 11) is 0. The van der Waals surface area contributed by atoms with Crippen molar-refractivity contribution >= 4 is 5.57 Å². The summed E-state index contributed by atoms with van der Waals surface area (Å²) in [5.74, 6) is 0. The van der Waals surface area contributed by atoms with Gasteiger partial charge in [0.15, 0.2) is 0 Å². The minimum absolute atomic E-state index is 0.331. The Morgan fingerprint density at radius 3 is 2.61 bits per heavy atom. The van der Waals surface area contributed by atoms with Crippen molar-refractivity contribution in [3.8, 4) is 0 Å². The highest BCUT2D eigenvalue weighted by atomic mass is 14.3. The summed E-state index contributed by atoms with van der Waals surface area (Å²) in [6.45, 7) is 4.44. The summed E-state index contributed by atoms with van der Waals surface area (Å²) in [6, 6.07) is 10.6. The molecule has 0 radical (unpaired) electrons. The van der Waals surface area contributed by atoms with Crippen molar-refractivity contribution in [2.45, 2.75) is 33.1 Å². The summed E-state index contributed by atoms with van der Waals surface area (Å²) < 4.78 is 0. The van der Waals surface area contributed by atoms with Crippen LogP contribution in [0.5, 0.6) is 0 Å². The van der Waals surface area contributed by atoms with Crippen LogP contribution in [0.2, 0.25) is 0 Å². The van der Waals surface area contributed by atoms with Crippen molar-refractivity contribution in [3.63, 3.8) is 0 Å². The van der Waals surface area contributed by atoms with Gasteiger partial charge in [-0.2, -0.15) is 0 Å². The minimum Gasteiger partial charge on any atom is -0.0917 e. The van der Waals surface area contributed by atoms with E-state index < -0.39 is 0 Å². The van der Waals surface area contributed by atoms with Crippen LogP contribution in [0.4, 0.5) is 0 Å². The van der Waals surface area contributed by atoms with Crippen LogP contribution in [0.15, 0.2) is 60.7 Å². The van der Waals surface area contributed by atoms with E-state index in [-0.39, 0.29) is 0 Å². The predicted octanol–water partition coefficient (Wildman–Crippen LogP) is 5.39. The molecule has 1 aromatic carbocycles. The first-order chi connectivity index (χ1) is 8.73. The van der Waals surface area contributed by atoms with Gasteiger partial charge in [-0.25, -0.2) is 0 Å². The van der Waals surface area contributed by atoms with Crippen LogP contribution < -0.4 is 0 Å². The fraction of sp³-hybridized carbons (Fsp3) is 0.333. The van der Waals surface area contributed by atoms with Gasteiger partial charge < -0.3 is 0 Å². The second-order valence-corrected chi connectivity index (χ2v) is 5.32. The van der Waals surface area contributed by atoms with E-state index >= 15 is 0 Å². The average Bonchev–Trinajstić information content (AvgIpc) is 2.41. The van der Waals surface area contributed by atoms with Gasteiger partial charge in [0.25, 0.3) is 0 Å². The molecule has 1 aromatic rings. The van der Waals surface area contributed by atoms with Gasteiger partial charge in [-0.1, -0.05) is 67.6 Å². The number of benzene rings is 1. The molecule has 0 heterocycles. The molecule has 2 rings (SSSR count). The Balaban J connectivity index is 2.02. The summed E-state index contributed by atoms with van der Waals surface area (Å²) in [4.78, 5) is 0. The zero-order chi connectivity index (χ0) is 12.8. The first-order valence-corrected chi connectivity index (χ1v) is 6.79. The van der Waals surface area contributed by atoms with Crippen LogP contribution in [-0.2, 0) is 0 Å². The zero-order valence-corrected chi connectivity index (χ0v) is 11.4. The molecule has 94 valence electrons. The molecule has 0 saturated carbocycles. The molecule has 1 atom stereocenters. The highest BCUT2D eigenvalue weighted by molar-refractivity contribution is 5.75. The summed E-state index contributed by atoms with van der Waals surface area (Å²) >= 11 is 0. The van der Waals surface area contributed by atoms with Crippen molar-refractivity contribution in [2.75, 3.05) is 0 Å². The Morgan fingerprint density at radius 2 is 2.00 bits per heavy atom. The fourth-order valence-electron chi connectivity index (χ4n) is 2.38. The van der Waals surface area contributed by atoms with E-state index in [0.29, 0.717) is 5.41 Å². The van der Waals surface area contributed by atoms with E-state index in [1.807, 2.05) is 0 Å². The van der Waals surface area contributed by atoms with E-state index in [1.54, 1.807) is 0 Å². The quantitative estimate of drug-likeness (QED) is 0.617. The normalized spacial score (nSPS) is 23.3. The molecule has 0 amide bonds. The number of hydrogen-bond donors (Lipinski definition) is 0. The third-order valence-corrected chi connectivity index (χ3v) is 3.68. The van der Waals surface area contributed by atoms with Crippen LogP contribution >= 0.6 is 0 Å². The second-order valence-electron chi connectivity index (χ2n) is 5.32. The molecule has 0 spiro atoms. The maximum absolute atomic E-state index is 2.39. The average molecular weight is 238 g/mol. The Labute approximate surface area is 111 Å². The molecule has 0 bridgehead atoms. The maximum Gasteiger partial charge on any atom is -0.0105 e. The lowest BCUT2D eigenvalue weighted by Gasteiger charge is -2.27. The van der Waals surface area contributed by atoms with E-state index in [0.717, 1.165) is 6.42 Å². The van der Waals surface area contributed by atoms with Gasteiger partial charge in [-0.05, 0) is 42.7 Å². The molecule has 18 heavy (non-hydrogen) atoms. The fourth-order valence-corrected chi connectivity index (χ4v) is 2.38. The topological polar surface area (TPSA) is 0 Å². The minimum atomic E-state index is 0.331.